The van der Waals surface area contributed by atoms with Crippen LogP contribution in [0, 0.1) is 0 Å². The molecule has 0 spiro atoms. The number of aliphatic imine (C=N–C) groups is 2. The van der Waals surface area contributed by atoms with Gasteiger partial charge in [-0.2, -0.15) is 0 Å². The van der Waals surface area contributed by atoms with Gasteiger partial charge in [0, 0.05) is 31.7 Å². The van der Waals surface area contributed by atoms with Crippen LogP contribution in [0.4, 0.5) is 11.4 Å². The molecule has 6 rings (SSSR count). The normalized spacial score (nSPS) is 13.8. The van der Waals surface area contributed by atoms with E-state index in [0.29, 0.717) is 0 Å². The van der Waals surface area contributed by atoms with Crippen LogP contribution in [0.25, 0.3) is 10.8 Å². The molecule has 40 heavy (non-hydrogen) atoms. The highest BCUT2D eigenvalue weighted by Crippen LogP contribution is 2.50. The number of nitrogens with zero attached hydrogens (tertiary/aromatic N) is 2. The highest BCUT2D eigenvalue weighted by molar-refractivity contribution is 8.15. The lowest BCUT2D eigenvalue weighted by molar-refractivity contribution is 0.667. The van der Waals surface area contributed by atoms with Gasteiger partial charge in [0.15, 0.2) is 0 Å². The van der Waals surface area contributed by atoms with Gasteiger partial charge in [-0.15, -0.1) is 0 Å². The van der Waals surface area contributed by atoms with E-state index in [4.69, 9.17) is 9.98 Å². The lowest BCUT2D eigenvalue weighted by Gasteiger charge is -2.22. The van der Waals surface area contributed by atoms with Crippen LogP contribution >= 0.6 is 23.5 Å². The van der Waals surface area contributed by atoms with E-state index in [2.05, 4.69) is 86.6 Å². The van der Waals surface area contributed by atoms with Crippen LogP contribution in [0.5, 0.6) is 0 Å². The Morgan fingerprint density at radius 3 is 1.30 bits per heavy atom. The Morgan fingerprint density at radius 1 is 0.475 bits per heavy atom. The maximum absolute atomic E-state index is 5.14. The Balaban J connectivity index is 1.22. The van der Waals surface area contributed by atoms with Crippen molar-refractivity contribution in [2.24, 2.45) is 9.98 Å². The first-order chi connectivity index (χ1) is 19.7. The molecular weight excluding hydrogens is 525 g/mol. The molecule has 0 atom stereocenters. The van der Waals surface area contributed by atoms with Crippen molar-refractivity contribution in [3.63, 3.8) is 0 Å². The van der Waals surface area contributed by atoms with E-state index in [0.717, 1.165) is 34.3 Å². The monoisotopic (exact) mass is 562 g/mol. The molecule has 0 unspecified atom stereocenters. The largest absolute Gasteiger partial charge is 0.240 e. The van der Waals surface area contributed by atoms with Gasteiger partial charge in [-0.3, -0.25) is 0 Å². The van der Waals surface area contributed by atoms with Crippen LogP contribution in [-0.2, 0) is 12.8 Å². The number of hydrogen-bond acceptors (Lipinski definition) is 4. The van der Waals surface area contributed by atoms with Gasteiger partial charge in [0.1, 0.15) is 10.1 Å². The Kier molecular flexibility index (Phi) is 8.74. The van der Waals surface area contributed by atoms with Gasteiger partial charge in [0.25, 0.3) is 0 Å². The summed E-state index contributed by atoms with van der Waals surface area (Å²) >= 11 is 3.57. The summed E-state index contributed by atoms with van der Waals surface area (Å²) < 4.78 is 0. The van der Waals surface area contributed by atoms with Gasteiger partial charge in [0.05, 0.1) is 11.4 Å². The third-order valence-corrected chi connectivity index (χ3v) is 10.1. The average Bonchev–Trinajstić information content (AvgIpc) is 3.00. The molecule has 0 amide bonds. The first-order valence-electron chi connectivity index (χ1n) is 15.0. The van der Waals surface area contributed by atoms with Crippen LogP contribution in [0.2, 0.25) is 0 Å². The Bertz CT molecular complexity index is 1430. The lowest BCUT2D eigenvalue weighted by Crippen LogP contribution is -2.03. The zero-order valence-electron chi connectivity index (χ0n) is 23.7. The second kappa shape index (κ2) is 12.8. The fourth-order valence-electron chi connectivity index (χ4n) is 5.61. The topological polar surface area (TPSA) is 24.7 Å². The van der Waals surface area contributed by atoms with Crippen molar-refractivity contribution in [3.8, 4) is 0 Å². The summed E-state index contributed by atoms with van der Waals surface area (Å²) in [5.74, 6) is 0. The molecule has 4 aromatic carbocycles. The molecule has 4 heteroatoms. The van der Waals surface area contributed by atoms with Crippen LogP contribution < -0.4 is 0 Å². The van der Waals surface area contributed by atoms with Crippen molar-refractivity contribution in [2.45, 2.75) is 87.8 Å². The zero-order chi connectivity index (χ0) is 27.3. The van der Waals surface area contributed by atoms with Gasteiger partial charge in [0.2, 0.25) is 0 Å². The average molecular weight is 563 g/mol. The first-order valence-corrected chi connectivity index (χ1v) is 16.7. The van der Waals surface area contributed by atoms with Crippen molar-refractivity contribution in [3.05, 3.63) is 95.1 Å². The van der Waals surface area contributed by atoms with E-state index >= 15 is 0 Å². The van der Waals surface area contributed by atoms with E-state index in [1.807, 2.05) is 0 Å². The highest BCUT2D eigenvalue weighted by atomic mass is 32.2. The van der Waals surface area contributed by atoms with Crippen molar-refractivity contribution in [1.82, 2.24) is 0 Å². The SMILES string of the molecule is CCCCCCc1ccc(C2=Nc3ccc4c5c(ccc(c35)S2)N=C(c2ccc(CCCCCC)cc2)S4)cc1. The second-order valence-corrected chi connectivity index (χ2v) is 13.0. The molecule has 2 heterocycles. The minimum Gasteiger partial charge on any atom is -0.240 e. The third kappa shape index (κ3) is 5.94. The van der Waals surface area contributed by atoms with Gasteiger partial charge >= 0.3 is 0 Å². The molecule has 0 aliphatic carbocycles. The molecule has 0 bridgehead atoms. The van der Waals surface area contributed by atoms with Crippen LogP contribution in [0.3, 0.4) is 0 Å². The smallest absolute Gasteiger partial charge is 0.109 e. The van der Waals surface area contributed by atoms with Crippen LogP contribution in [-0.4, -0.2) is 10.1 Å². The fraction of sp³-hybridized carbons (Fsp3) is 0.333. The van der Waals surface area contributed by atoms with Crippen molar-refractivity contribution < 1.29 is 0 Å². The summed E-state index contributed by atoms with van der Waals surface area (Å²) in [6, 6.07) is 27.0. The van der Waals surface area contributed by atoms with Crippen LogP contribution in [0.1, 0.15) is 87.5 Å². The van der Waals surface area contributed by atoms with E-state index in [1.165, 1.54) is 94.2 Å². The predicted molar refractivity (Wildman–Crippen MR) is 177 cm³/mol. The fourth-order valence-corrected chi connectivity index (χ4v) is 7.72. The molecule has 204 valence electrons. The van der Waals surface area contributed by atoms with Crippen molar-refractivity contribution in [2.75, 3.05) is 0 Å². The molecule has 0 saturated heterocycles. The van der Waals surface area contributed by atoms with E-state index in [9.17, 15) is 0 Å². The summed E-state index contributed by atoms with van der Waals surface area (Å²) in [5.41, 5.74) is 7.36. The summed E-state index contributed by atoms with van der Waals surface area (Å²) in [7, 11) is 0. The summed E-state index contributed by atoms with van der Waals surface area (Å²) in [6.45, 7) is 4.53. The molecule has 0 fully saturated rings. The molecule has 0 N–H and O–H groups in total. The van der Waals surface area contributed by atoms with Gasteiger partial charge < -0.3 is 0 Å². The van der Waals surface area contributed by atoms with E-state index in [1.54, 1.807) is 23.5 Å². The van der Waals surface area contributed by atoms with E-state index in [-0.39, 0.29) is 0 Å². The highest BCUT2D eigenvalue weighted by Gasteiger charge is 2.24. The third-order valence-electron chi connectivity index (χ3n) is 7.94. The standard InChI is InChI=1S/C36H38N2S2/c1-3-5-7-9-11-25-13-17-27(18-14-25)35-37-29-21-24-32-34-30(22-23-31(39-35)33(29)34)38-36(40-32)28-19-15-26(16-20-28)12-10-8-6-4-2/h13-24H,3-12H2,1-2H3. The van der Waals surface area contributed by atoms with E-state index < -0.39 is 0 Å². The molecule has 2 aliphatic heterocycles. The number of unbranched alkanes of at least 4 members (excludes halogenated alkanes) is 6. The Labute approximate surface area is 247 Å². The van der Waals surface area contributed by atoms with Crippen molar-refractivity contribution in [1.29, 1.82) is 0 Å². The number of aryl methyl sites for hydroxylation is 2. The van der Waals surface area contributed by atoms with Crippen molar-refractivity contribution >= 4 is 55.8 Å². The predicted octanol–water partition coefficient (Wildman–Crippen LogP) is 11.5. The second-order valence-electron chi connectivity index (χ2n) is 11.0. The minimum atomic E-state index is 1.06. The number of benzene rings is 4. The maximum Gasteiger partial charge on any atom is 0.109 e. The van der Waals surface area contributed by atoms with Gasteiger partial charge in [-0.05, 0) is 61.1 Å². The number of rotatable bonds is 12. The van der Waals surface area contributed by atoms with Crippen LogP contribution in [0.15, 0.2) is 92.6 Å². The number of hydrogen-bond donors (Lipinski definition) is 0. The number of thioether (sulfide) groups is 2. The molecule has 2 nitrogen and oxygen atoms in total. The maximum atomic E-state index is 5.14. The molecule has 0 aromatic heterocycles. The Morgan fingerprint density at radius 2 is 0.900 bits per heavy atom. The molecule has 0 saturated carbocycles. The zero-order valence-corrected chi connectivity index (χ0v) is 25.3. The minimum absolute atomic E-state index is 1.06. The molecular formula is C36H38N2S2. The lowest BCUT2D eigenvalue weighted by atomic mass is 10.0. The summed E-state index contributed by atoms with van der Waals surface area (Å²) in [4.78, 5) is 12.8. The summed E-state index contributed by atoms with van der Waals surface area (Å²) in [5, 5.41) is 4.65. The molecule has 2 aliphatic rings. The van der Waals surface area contributed by atoms with Gasteiger partial charge in [-0.25, -0.2) is 9.98 Å². The quantitative estimate of drug-likeness (QED) is 0.160. The molecule has 0 radical (unpaired) electrons. The Hall–Kier alpha value is -2.82. The molecule has 4 aromatic rings. The van der Waals surface area contributed by atoms with Gasteiger partial charge in [-0.1, -0.05) is 124 Å². The summed E-state index contributed by atoms with van der Waals surface area (Å²) in [6.07, 6.45) is 12.7. The first kappa shape index (κ1) is 27.4.